The maximum atomic E-state index is 13.6. The van der Waals surface area contributed by atoms with E-state index in [0.717, 1.165) is 30.8 Å². The fourth-order valence-corrected chi connectivity index (χ4v) is 6.40. The predicted octanol–water partition coefficient (Wildman–Crippen LogP) is 3.28. The van der Waals surface area contributed by atoms with Crippen LogP contribution in [0, 0.1) is 0 Å². The van der Waals surface area contributed by atoms with E-state index in [-0.39, 0.29) is 4.90 Å². The van der Waals surface area contributed by atoms with Gasteiger partial charge in [0.2, 0.25) is 10.0 Å². The molecule has 0 radical (unpaired) electrons. The minimum absolute atomic E-state index is 0.262. The Balaban J connectivity index is 1.49. The minimum Gasteiger partial charge on any atom is -0.497 e. The van der Waals surface area contributed by atoms with Gasteiger partial charge in [-0.05, 0) is 42.7 Å². The average molecular weight is 429 g/mol. The molecule has 1 unspecified atom stereocenters. The molecule has 2 aromatic rings. The van der Waals surface area contributed by atoms with Gasteiger partial charge in [0, 0.05) is 32.1 Å². The van der Waals surface area contributed by atoms with E-state index in [4.69, 9.17) is 9.47 Å². The van der Waals surface area contributed by atoms with Gasteiger partial charge in [-0.1, -0.05) is 30.7 Å². The highest BCUT2D eigenvalue weighted by Crippen LogP contribution is 2.41. The van der Waals surface area contributed by atoms with Crippen LogP contribution < -0.4 is 9.47 Å². The first-order chi connectivity index (χ1) is 14.5. The van der Waals surface area contributed by atoms with Crippen molar-refractivity contribution in [3.63, 3.8) is 0 Å². The second-order valence-electron chi connectivity index (χ2n) is 8.66. The van der Waals surface area contributed by atoms with Gasteiger partial charge in [-0.3, -0.25) is 4.90 Å². The Morgan fingerprint density at radius 3 is 2.57 bits per heavy atom. The van der Waals surface area contributed by atoms with Gasteiger partial charge in [0.25, 0.3) is 0 Å². The summed E-state index contributed by atoms with van der Waals surface area (Å²) in [6.45, 7) is 2.42. The number of fused-ring (bicyclic) bond motifs is 1. The first-order valence-electron chi connectivity index (χ1n) is 10.6. The van der Waals surface area contributed by atoms with Crippen molar-refractivity contribution in [2.24, 2.45) is 0 Å². The van der Waals surface area contributed by atoms with E-state index in [1.807, 2.05) is 30.3 Å². The molecule has 0 amide bonds. The van der Waals surface area contributed by atoms with Crippen molar-refractivity contribution in [1.29, 1.82) is 0 Å². The summed E-state index contributed by atoms with van der Waals surface area (Å²) in [7, 11) is -2.04. The highest BCUT2D eigenvalue weighted by atomic mass is 32.2. The third-order valence-electron chi connectivity index (χ3n) is 6.71. The van der Waals surface area contributed by atoms with Crippen LogP contribution in [0.5, 0.6) is 11.5 Å². The number of para-hydroxylation sites is 1. The van der Waals surface area contributed by atoms with Crippen molar-refractivity contribution < 1.29 is 17.9 Å². The lowest BCUT2D eigenvalue weighted by Gasteiger charge is -2.37. The van der Waals surface area contributed by atoms with Gasteiger partial charge in [-0.15, -0.1) is 0 Å². The fourth-order valence-electron chi connectivity index (χ4n) is 4.79. The van der Waals surface area contributed by atoms with Crippen molar-refractivity contribution in [1.82, 2.24) is 9.21 Å². The Bertz CT molecular complexity index is 1020. The van der Waals surface area contributed by atoms with Crippen LogP contribution in [0.15, 0.2) is 53.4 Å². The molecule has 2 aliphatic heterocycles. The number of methoxy groups -OCH3 is 1. The number of rotatable bonds is 4. The number of hydrogen-bond acceptors (Lipinski definition) is 5. The molecule has 2 heterocycles. The van der Waals surface area contributed by atoms with Gasteiger partial charge in [-0.2, -0.15) is 4.31 Å². The second kappa shape index (κ2) is 7.55. The molecule has 1 atom stereocenters. The van der Waals surface area contributed by atoms with Crippen molar-refractivity contribution in [2.45, 2.75) is 48.8 Å². The van der Waals surface area contributed by atoms with Crippen LogP contribution in [0.2, 0.25) is 0 Å². The SMILES string of the molecule is COc1ccc(CN2CC3(CCN(C4CCC4)C3)Oc3ccccc3S2(=O)=O)cc1. The van der Waals surface area contributed by atoms with Crippen LogP contribution in [-0.4, -0.2) is 56.0 Å². The molecule has 160 valence electrons. The summed E-state index contributed by atoms with van der Waals surface area (Å²) in [5, 5.41) is 0. The monoisotopic (exact) mass is 428 g/mol. The lowest BCUT2D eigenvalue weighted by molar-refractivity contribution is 0.0445. The summed E-state index contributed by atoms with van der Waals surface area (Å²) in [6, 6.07) is 15.3. The van der Waals surface area contributed by atoms with Gasteiger partial charge >= 0.3 is 0 Å². The zero-order valence-electron chi connectivity index (χ0n) is 17.3. The molecule has 0 aromatic heterocycles. The fraction of sp³-hybridized carbons (Fsp3) is 0.478. The van der Waals surface area contributed by atoms with Crippen molar-refractivity contribution in [3.8, 4) is 11.5 Å². The van der Waals surface area contributed by atoms with E-state index >= 15 is 0 Å². The second-order valence-corrected chi connectivity index (χ2v) is 10.6. The molecule has 0 N–H and O–H groups in total. The summed E-state index contributed by atoms with van der Waals surface area (Å²) >= 11 is 0. The maximum absolute atomic E-state index is 13.6. The standard InChI is InChI=1S/C23H28N2O4S/c1-28-20-11-9-18(10-12-20)15-25-17-23(13-14-24(16-23)19-5-4-6-19)29-21-7-2-3-8-22(21)30(25,26)27/h2-3,7-12,19H,4-6,13-17H2,1H3. The number of ether oxygens (including phenoxy) is 2. The number of nitrogens with zero attached hydrogens (tertiary/aromatic N) is 2. The largest absolute Gasteiger partial charge is 0.497 e. The highest BCUT2D eigenvalue weighted by molar-refractivity contribution is 7.89. The molecule has 5 rings (SSSR count). The molecule has 1 spiro atoms. The molecule has 1 saturated heterocycles. The van der Waals surface area contributed by atoms with E-state index in [1.54, 1.807) is 29.6 Å². The normalized spacial score (nSPS) is 26.6. The van der Waals surface area contributed by atoms with E-state index < -0.39 is 15.6 Å². The molecule has 6 nitrogen and oxygen atoms in total. The third-order valence-corrected chi connectivity index (χ3v) is 8.54. The van der Waals surface area contributed by atoms with E-state index in [0.29, 0.717) is 24.9 Å². The summed E-state index contributed by atoms with van der Waals surface area (Å²) in [5.41, 5.74) is 0.421. The molecular weight excluding hydrogens is 400 g/mol. The highest BCUT2D eigenvalue weighted by Gasteiger charge is 2.49. The Labute approximate surface area is 178 Å². The number of benzene rings is 2. The molecule has 1 saturated carbocycles. The Morgan fingerprint density at radius 2 is 1.87 bits per heavy atom. The number of likely N-dealkylation sites (tertiary alicyclic amines) is 1. The van der Waals surface area contributed by atoms with Crippen LogP contribution in [0.1, 0.15) is 31.2 Å². The van der Waals surface area contributed by atoms with E-state index in [1.165, 1.54) is 19.3 Å². The minimum atomic E-state index is -3.67. The van der Waals surface area contributed by atoms with Gasteiger partial charge in [0.1, 0.15) is 22.0 Å². The molecule has 1 aliphatic carbocycles. The number of sulfonamides is 1. The molecule has 2 fully saturated rings. The van der Waals surface area contributed by atoms with E-state index in [9.17, 15) is 8.42 Å². The summed E-state index contributed by atoms with van der Waals surface area (Å²) in [5.74, 6) is 1.24. The van der Waals surface area contributed by atoms with Crippen LogP contribution in [-0.2, 0) is 16.6 Å². The molecule has 3 aliphatic rings. The van der Waals surface area contributed by atoms with Crippen molar-refractivity contribution in [2.75, 3.05) is 26.7 Å². The first-order valence-corrected chi connectivity index (χ1v) is 12.1. The van der Waals surface area contributed by atoms with Crippen LogP contribution in [0.25, 0.3) is 0 Å². The van der Waals surface area contributed by atoms with Crippen molar-refractivity contribution in [3.05, 3.63) is 54.1 Å². The summed E-state index contributed by atoms with van der Waals surface area (Å²) in [6.07, 6.45) is 4.60. The smallest absolute Gasteiger partial charge is 0.247 e. The molecule has 0 bridgehead atoms. The zero-order chi connectivity index (χ0) is 20.8. The van der Waals surface area contributed by atoms with Crippen LogP contribution >= 0.6 is 0 Å². The van der Waals surface area contributed by atoms with Gasteiger partial charge in [-0.25, -0.2) is 8.42 Å². The predicted molar refractivity (Wildman–Crippen MR) is 114 cm³/mol. The first kappa shape index (κ1) is 19.8. The topological polar surface area (TPSA) is 59.1 Å². The van der Waals surface area contributed by atoms with Gasteiger partial charge in [0.05, 0.1) is 13.7 Å². The maximum Gasteiger partial charge on any atom is 0.247 e. The van der Waals surface area contributed by atoms with Crippen LogP contribution in [0.3, 0.4) is 0 Å². The Kier molecular flexibility index (Phi) is 5.00. The molecule has 2 aromatic carbocycles. The number of hydrogen-bond donors (Lipinski definition) is 0. The quantitative estimate of drug-likeness (QED) is 0.748. The Hall–Kier alpha value is -2.09. The average Bonchev–Trinajstić information content (AvgIpc) is 3.06. The van der Waals surface area contributed by atoms with Gasteiger partial charge < -0.3 is 9.47 Å². The Morgan fingerprint density at radius 1 is 1.10 bits per heavy atom. The summed E-state index contributed by atoms with van der Waals surface area (Å²) in [4.78, 5) is 2.76. The lowest BCUT2D eigenvalue weighted by atomic mass is 9.91. The van der Waals surface area contributed by atoms with Crippen LogP contribution in [0.4, 0.5) is 0 Å². The molecule has 30 heavy (non-hydrogen) atoms. The van der Waals surface area contributed by atoms with E-state index in [2.05, 4.69) is 4.90 Å². The lowest BCUT2D eigenvalue weighted by Crippen LogP contribution is -2.50. The summed E-state index contributed by atoms with van der Waals surface area (Å²) < 4.78 is 40.5. The molecular formula is C23H28N2O4S. The zero-order valence-corrected chi connectivity index (χ0v) is 18.1. The molecule has 7 heteroatoms. The van der Waals surface area contributed by atoms with Crippen molar-refractivity contribution >= 4 is 10.0 Å². The van der Waals surface area contributed by atoms with Gasteiger partial charge in [0.15, 0.2) is 0 Å². The third kappa shape index (κ3) is 3.49.